The van der Waals surface area contributed by atoms with Gasteiger partial charge in [0.05, 0.1) is 5.92 Å². The molecular formula is C11H11F3N4. The molecule has 2 rings (SSSR count). The van der Waals surface area contributed by atoms with E-state index < -0.39 is 12.1 Å². The minimum atomic E-state index is -4.12. The molecule has 0 saturated carbocycles. The van der Waals surface area contributed by atoms with Crippen molar-refractivity contribution in [2.45, 2.75) is 19.0 Å². The number of hydrogen-bond donors (Lipinski definition) is 0. The van der Waals surface area contributed by atoms with E-state index in [9.17, 15) is 13.2 Å². The molecular weight excluding hydrogens is 245 g/mol. The number of alkyl halides is 3. The highest BCUT2D eigenvalue weighted by Gasteiger charge is 2.41. The van der Waals surface area contributed by atoms with Crippen LogP contribution in [0.1, 0.15) is 18.5 Å². The first-order valence-electron chi connectivity index (χ1n) is 5.55. The second-order valence-electron chi connectivity index (χ2n) is 4.16. The Morgan fingerprint density at radius 2 is 2.00 bits per heavy atom. The van der Waals surface area contributed by atoms with Gasteiger partial charge in [0.2, 0.25) is 5.95 Å². The van der Waals surface area contributed by atoms with Gasteiger partial charge in [0, 0.05) is 19.3 Å². The predicted molar refractivity (Wildman–Crippen MR) is 57.7 cm³/mol. The molecule has 1 aromatic rings. The summed E-state index contributed by atoms with van der Waals surface area (Å²) in [5.74, 6) is -0.914. The van der Waals surface area contributed by atoms with E-state index in [0.29, 0.717) is 5.95 Å². The Balaban J connectivity index is 2.04. The van der Waals surface area contributed by atoms with Crippen molar-refractivity contribution >= 4 is 5.95 Å². The van der Waals surface area contributed by atoms with Crippen molar-refractivity contribution in [2.24, 2.45) is 5.92 Å². The van der Waals surface area contributed by atoms with Gasteiger partial charge in [-0.15, -0.1) is 0 Å². The van der Waals surface area contributed by atoms with Crippen LogP contribution in [0.5, 0.6) is 0 Å². The molecule has 0 radical (unpaired) electrons. The lowest BCUT2D eigenvalue weighted by molar-refractivity contribution is -0.179. The van der Waals surface area contributed by atoms with Crippen LogP contribution in [-0.2, 0) is 0 Å². The zero-order valence-electron chi connectivity index (χ0n) is 9.48. The minimum absolute atomic E-state index is 0.0453. The topological polar surface area (TPSA) is 52.8 Å². The summed E-state index contributed by atoms with van der Waals surface area (Å²) in [5, 5.41) is 8.70. The molecule has 1 aliphatic rings. The highest BCUT2D eigenvalue weighted by Crippen LogP contribution is 2.34. The molecule has 1 fully saturated rings. The molecule has 1 aliphatic heterocycles. The van der Waals surface area contributed by atoms with E-state index in [0.717, 1.165) is 0 Å². The van der Waals surface area contributed by atoms with Gasteiger partial charge in [-0.1, -0.05) is 0 Å². The lowest BCUT2D eigenvalue weighted by atomic mass is 9.96. The smallest absolute Gasteiger partial charge is 0.341 e. The van der Waals surface area contributed by atoms with Crippen LogP contribution >= 0.6 is 0 Å². The van der Waals surface area contributed by atoms with Gasteiger partial charge < -0.3 is 4.90 Å². The summed E-state index contributed by atoms with van der Waals surface area (Å²) in [7, 11) is 0. The molecule has 0 N–H and O–H groups in total. The maximum atomic E-state index is 12.5. The maximum Gasteiger partial charge on any atom is 0.391 e. The number of nitrogens with zero attached hydrogens (tertiary/aromatic N) is 4. The Bertz CT molecular complexity index is 458. The van der Waals surface area contributed by atoms with Gasteiger partial charge in [-0.25, -0.2) is 9.97 Å². The van der Waals surface area contributed by atoms with Crippen LogP contribution in [0, 0.1) is 17.2 Å². The number of nitriles is 1. The third kappa shape index (κ3) is 2.70. The summed E-state index contributed by atoms with van der Waals surface area (Å²) in [4.78, 5) is 9.64. The fourth-order valence-corrected chi connectivity index (χ4v) is 1.97. The molecule has 4 nitrogen and oxygen atoms in total. The van der Waals surface area contributed by atoms with E-state index in [1.165, 1.54) is 12.3 Å². The standard InChI is InChI=1S/C11H11F3N4/c12-11(13,14)8-2-5-18(6-3-8)10-16-4-1-9(7-15)17-10/h1,4,8H,2-3,5-6H2. The summed E-state index contributed by atoms with van der Waals surface area (Å²) < 4.78 is 37.5. The van der Waals surface area contributed by atoms with Crippen LogP contribution in [0.25, 0.3) is 0 Å². The second kappa shape index (κ2) is 4.80. The number of anilines is 1. The van der Waals surface area contributed by atoms with Crippen LogP contribution in [0.15, 0.2) is 12.3 Å². The average molecular weight is 256 g/mol. The third-order valence-electron chi connectivity index (χ3n) is 3.00. The fourth-order valence-electron chi connectivity index (χ4n) is 1.97. The Morgan fingerprint density at radius 3 is 2.56 bits per heavy atom. The van der Waals surface area contributed by atoms with Crippen molar-refractivity contribution in [3.63, 3.8) is 0 Å². The summed E-state index contributed by atoms with van der Waals surface area (Å²) in [6.45, 7) is 0.526. The molecule has 0 unspecified atom stereocenters. The molecule has 1 saturated heterocycles. The maximum absolute atomic E-state index is 12.5. The lowest BCUT2D eigenvalue weighted by Gasteiger charge is -2.32. The number of hydrogen-bond acceptors (Lipinski definition) is 4. The van der Waals surface area contributed by atoms with Gasteiger partial charge in [-0.3, -0.25) is 0 Å². The monoisotopic (exact) mass is 256 g/mol. The van der Waals surface area contributed by atoms with Gasteiger partial charge in [0.15, 0.2) is 0 Å². The lowest BCUT2D eigenvalue weighted by Crippen LogP contribution is -2.39. The summed E-state index contributed by atoms with van der Waals surface area (Å²) in [6.07, 6.45) is -2.59. The number of rotatable bonds is 1. The van der Waals surface area contributed by atoms with E-state index in [2.05, 4.69) is 9.97 Å². The molecule has 96 valence electrons. The van der Waals surface area contributed by atoms with Gasteiger partial charge in [0.1, 0.15) is 11.8 Å². The van der Waals surface area contributed by atoms with Crippen molar-refractivity contribution in [2.75, 3.05) is 18.0 Å². The summed E-state index contributed by atoms with van der Waals surface area (Å²) >= 11 is 0. The van der Waals surface area contributed by atoms with E-state index in [-0.39, 0.29) is 31.6 Å². The Labute approximate surface area is 102 Å². The van der Waals surface area contributed by atoms with Crippen LogP contribution in [0.2, 0.25) is 0 Å². The van der Waals surface area contributed by atoms with Crippen LogP contribution in [-0.4, -0.2) is 29.2 Å². The molecule has 18 heavy (non-hydrogen) atoms. The molecule has 0 aromatic carbocycles. The number of aromatic nitrogens is 2. The van der Waals surface area contributed by atoms with Gasteiger partial charge in [0.25, 0.3) is 0 Å². The third-order valence-corrected chi connectivity index (χ3v) is 3.00. The second-order valence-corrected chi connectivity index (χ2v) is 4.16. The van der Waals surface area contributed by atoms with Crippen molar-refractivity contribution in [1.29, 1.82) is 5.26 Å². The molecule has 0 amide bonds. The first kappa shape index (κ1) is 12.6. The zero-order valence-corrected chi connectivity index (χ0v) is 9.48. The van der Waals surface area contributed by atoms with Gasteiger partial charge in [-0.2, -0.15) is 18.4 Å². The van der Waals surface area contributed by atoms with Crippen molar-refractivity contribution in [1.82, 2.24) is 9.97 Å². The largest absolute Gasteiger partial charge is 0.391 e. The molecule has 2 heterocycles. The quantitative estimate of drug-likeness (QED) is 0.772. The van der Waals surface area contributed by atoms with E-state index in [1.807, 2.05) is 6.07 Å². The average Bonchev–Trinajstić information content (AvgIpc) is 2.38. The number of halogens is 3. The van der Waals surface area contributed by atoms with Gasteiger partial charge >= 0.3 is 6.18 Å². The normalized spacial score (nSPS) is 17.6. The van der Waals surface area contributed by atoms with E-state index >= 15 is 0 Å². The molecule has 1 aromatic heterocycles. The van der Waals surface area contributed by atoms with Crippen molar-refractivity contribution < 1.29 is 13.2 Å². The fraction of sp³-hybridized carbons (Fsp3) is 0.545. The van der Waals surface area contributed by atoms with E-state index in [1.54, 1.807) is 4.90 Å². The molecule has 0 aliphatic carbocycles. The Morgan fingerprint density at radius 1 is 1.33 bits per heavy atom. The first-order chi connectivity index (χ1) is 8.50. The SMILES string of the molecule is N#Cc1ccnc(N2CCC(C(F)(F)F)CC2)n1. The molecule has 7 heteroatoms. The Hall–Kier alpha value is -1.84. The predicted octanol–water partition coefficient (Wildman–Crippen LogP) is 2.13. The van der Waals surface area contributed by atoms with Crippen LogP contribution < -0.4 is 4.90 Å². The summed E-state index contributed by atoms with van der Waals surface area (Å²) in [5.41, 5.74) is 0.220. The van der Waals surface area contributed by atoms with Crippen LogP contribution in [0.4, 0.5) is 19.1 Å². The van der Waals surface area contributed by atoms with Crippen LogP contribution in [0.3, 0.4) is 0 Å². The highest BCUT2D eigenvalue weighted by atomic mass is 19.4. The highest BCUT2D eigenvalue weighted by molar-refractivity contribution is 5.34. The first-order valence-corrected chi connectivity index (χ1v) is 5.55. The molecule has 0 atom stereocenters. The minimum Gasteiger partial charge on any atom is -0.341 e. The Kier molecular flexibility index (Phi) is 3.36. The van der Waals surface area contributed by atoms with Crippen molar-refractivity contribution in [3.8, 4) is 6.07 Å². The summed E-state index contributed by atoms with van der Waals surface area (Å²) in [6, 6.07) is 3.35. The zero-order chi connectivity index (χ0) is 13.2. The number of piperidine rings is 1. The van der Waals surface area contributed by atoms with Crippen molar-refractivity contribution in [3.05, 3.63) is 18.0 Å². The molecule has 0 spiro atoms. The van der Waals surface area contributed by atoms with E-state index in [4.69, 9.17) is 5.26 Å². The molecule has 0 bridgehead atoms. The van der Waals surface area contributed by atoms with Gasteiger partial charge in [-0.05, 0) is 18.9 Å².